The van der Waals surface area contributed by atoms with Gasteiger partial charge in [-0.05, 0) is 19.1 Å². The number of thiazole rings is 1. The van der Waals surface area contributed by atoms with Gasteiger partial charge in [-0.1, -0.05) is 0 Å². The van der Waals surface area contributed by atoms with Gasteiger partial charge < -0.3 is 0 Å². The van der Waals surface area contributed by atoms with Gasteiger partial charge in [0.1, 0.15) is 5.01 Å². The maximum absolute atomic E-state index is 11.3. The molecular formula is C12H10N2O3S. The average Bonchev–Trinajstić information content (AvgIpc) is 2.71. The quantitative estimate of drug-likeness (QED) is 0.483. The highest BCUT2D eigenvalue weighted by atomic mass is 32.1. The predicted octanol–water partition coefficient (Wildman–Crippen LogP) is 3.23. The van der Waals surface area contributed by atoms with Crippen LogP contribution in [0, 0.1) is 17.0 Å². The first-order valence-electron chi connectivity index (χ1n) is 5.22. The summed E-state index contributed by atoms with van der Waals surface area (Å²) in [6, 6.07) is 6.14. The Balaban J connectivity index is 2.40. The van der Waals surface area contributed by atoms with Gasteiger partial charge in [-0.15, -0.1) is 11.3 Å². The Kier molecular flexibility index (Phi) is 3.20. The third kappa shape index (κ3) is 2.28. The number of nitrogens with zero attached hydrogens (tertiary/aromatic N) is 2. The Morgan fingerprint density at radius 1 is 1.33 bits per heavy atom. The van der Waals surface area contributed by atoms with E-state index in [4.69, 9.17) is 0 Å². The van der Waals surface area contributed by atoms with Crippen LogP contribution in [0.25, 0.3) is 10.6 Å². The molecule has 0 aliphatic rings. The van der Waals surface area contributed by atoms with Crippen molar-refractivity contribution < 1.29 is 9.72 Å². The van der Waals surface area contributed by atoms with Crippen molar-refractivity contribution in [2.75, 3.05) is 0 Å². The highest BCUT2D eigenvalue weighted by Gasteiger charge is 2.13. The number of non-ortho nitro benzene ring substituents is 1. The van der Waals surface area contributed by atoms with Crippen molar-refractivity contribution in [3.63, 3.8) is 0 Å². The van der Waals surface area contributed by atoms with E-state index in [9.17, 15) is 14.9 Å². The van der Waals surface area contributed by atoms with Gasteiger partial charge in [0, 0.05) is 24.6 Å². The minimum atomic E-state index is -0.447. The summed E-state index contributed by atoms with van der Waals surface area (Å²) in [4.78, 5) is 26.4. The van der Waals surface area contributed by atoms with E-state index in [0.29, 0.717) is 15.6 Å². The van der Waals surface area contributed by atoms with Gasteiger partial charge in [0.15, 0.2) is 5.78 Å². The molecule has 0 saturated heterocycles. The zero-order valence-corrected chi connectivity index (χ0v) is 10.7. The Labute approximate surface area is 107 Å². The molecule has 0 atom stereocenters. The molecule has 0 aliphatic heterocycles. The van der Waals surface area contributed by atoms with Gasteiger partial charge in [0.25, 0.3) is 5.69 Å². The molecule has 5 nitrogen and oxygen atoms in total. The molecule has 0 saturated carbocycles. The molecule has 0 bridgehead atoms. The monoisotopic (exact) mass is 262 g/mol. The third-order valence-corrected chi connectivity index (χ3v) is 3.75. The van der Waals surface area contributed by atoms with E-state index >= 15 is 0 Å². The SMILES string of the molecule is CC(=O)c1sc(-c2ccc([N+](=O)[O-])cc2)nc1C. The lowest BCUT2D eigenvalue weighted by atomic mass is 10.2. The normalized spacial score (nSPS) is 10.3. The molecule has 18 heavy (non-hydrogen) atoms. The van der Waals surface area contributed by atoms with Crippen LogP contribution in [0.15, 0.2) is 24.3 Å². The highest BCUT2D eigenvalue weighted by molar-refractivity contribution is 7.17. The van der Waals surface area contributed by atoms with Crippen molar-refractivity contribution in [1.29, 1.82) is 0 Å². The number of carbonyl (C=O) groups is 1. The van der Waals surface area contributed by atoms with E-state index in [0.717, 1.165) is 5.56 Å². The van der Waals surface area contributed by atoms with Crippen molar-refractivity contribution >= 4 is 22.8 Å². The lowest BCUT2D eigenvalue weighted by molar-refractivity contribution is -0.384. The number of carbonyl (C=O) groups excluding carboxylic acids is 1. The molecular weight excluding hydrogens is 252 g/mol. The molecule has 1 aromatic heterocycles. The maximum Gasteiger partial charge on any atom is 0.269 e. The summed E-state index contributed by atoms with van der Waals surface area (Å²) < 4.78 is 0. The summed E-state index contributed by atoms with van der Waals surface area (Å²) in [7, 11) is 0. The zero-order chi connectivity index (χ0) is 13.3. The molecule has 0 amide bonds. The average molecular weight is 262 g/mol. The number of Topliss-reactive ketones (excluding diaryl/α,β-unsaturated/α-hetero) is 1. The van der Waals surface area contributed by atoms with Gasteiger partial charge >= 0.3 is 0 Å². The second kappa shape index (κ2) is 4.66. The van der Waals surface area contributed by atoms with Crippen LogP contribution in [0.2, 0.25) is 0 Å². The number of rotatable bonds is 3. The van der Waals surface area contributed by atoms with Crippen molar-refractivity contribution in [3.8, 4) is 10.6 Å². The Morgan fingerprint density at radius 3 is 2.39 bits per heavy atom. The number of ketones is 1. The van der Waals surface area contributed by atoms with Crippen molar-refractivity contribution in [3.05, 3.63) is 45.0 Å². The summed E-state index contributed by atoms with van der Waals surface area (Å²) in [6.07, 6.45) is 0. The molecule has 0 radical (unpaired) electrons. The number of nitro groups is 1. The molecule has 0 aliphatic carbocycles. The molecule has 2 aromatic rings. The van der Waals surface area contributed by atoms with E-state index in [2.05, 4.69) is 4.98 Å². The topological polar surface area (TPSA) is 73.1 Å². The summed E-state index contributed by atoms with van der Waals surface area (Å²) in [5.74, 6) is -0.0156. The first-order valence-corrected chi connectivity index (χ1v) is 6.04. The summed E-state index contributed by atoms with van der Waals surface area (Å²) in [6.45, 7) is 3.28. The Morgan fingerprint density at radius 2 is 1.94 bits per heavy atom. The fourth-order valence-electron chi connectivity index (χ4n) is 1.57. The Bertz CT molecular complexity index is 617. The third-order valence-electron chi connectivity index (χ3n) is 2.44. The summed E-state index contributed by atoms with van der Waals surface area (Å²) in [5, 5.41) is 11.2. The molecule has 92 valence electrons. The van der Waals surface area contributed by atoms with Crippen molar-refractivity contribution in [2.45, 2.75) is 13.8 Å². The van der Waals surface area contributed by atoms with Crippen molar-refractivity contribution in [2.24, 2.45) is 0 Å². The van der Waals surface area contributed by atoms with E-state index in [1.54, 1.807) is 19.1 Å². The van der Waals surface area contributed by atoms with E-state index in [1.165, 1.54) is 30.4 Å². The van der Waals surface area contributed by atoms with Gasteiger partial charge in [0.05, 0.1) is 15.5 Å². The van der Waals surface area contributed by atoms with Gasteiger partial charge in [-0.2, -0.15) is 0 Å². The van der Waals surface area contributed by atoms with Crippen molar-refractivity contribution in [1.82, 2.24) is 4.98 Å². The first-order chi connectivity index (χ1) is 8.49. The van der Waals surface area contributed by atoms with Crippen LogP contribution in [0.5, 0.6) is 0 Å². The number of nitro benzene ring substituents is 1. The molecule has 0 fully saturated rings. The second-order valence-electron chi connectivity index (χ2n) is 3.79. The molecule has 2 rings (SSSR count). The van der Waals surface area contributed by atoms with E-state index in [-0.39, 0.29) is 11.5 Å². The van der Waals surface area contributed by atoms with Crippen LogP contribution in [-0.2, 0) is 0 Å². The van der Waals surface area contributed by atoms with Gasteiger partial charge in [-0.25, -0.2) is 4.98 Å². The standard InChI is InChI=1S/C12H10N2O3S/c1-7-11(8(2)15)18-12(13-7)9-3-5-10(6-4-9)14(16)17/h3-6H,1-2H3. The fourth-order valence-corrected chi connectivity index (χ4v) is 2.54. The molecule has 0 N–H and O–H groups in total. The van der Waals surface area contributed by atoms with Crippen LogP contribution in [0.1, 0.15) is 22.3 Å². The number of aryl methyl sites for hydroxylation is 1. The molecule has 0 unspecified atom stereocenters. The van der Waals surface area contributed by atoms with Gasteiger partial charge in [0.2, 0.25) is 0 Å². The summed E-state index contributed by atoms with van der Waals surface area (Å²) in [5.41, 5.74) is 1.51. The van der Waals surface area contributed by atoms with Crippen LogP contribution < -0.4 is 0 Å². The second-order valence-corrected chi connectivity index (χ2v) is 4.79. The predicted molar refractivity (Wildman–Crippen MR) is 68.9 cm³/mol. The number of benzene rings is 1. The Hall–Kier alpha value is -2.08. The minimum Gasteiger partial charge on any atom is -0.294 e. The minimum absolute atomic E-state index is 0.0156. The molecule has 1 heterocycles. The maximum atomic E-state index is 11.3. The molecule has 0 spiro atoms. The van der Waals surface area contributed by atoms with Crippen LogP contribution >= 0.6 is 11.3 Å². The fraction of sp³-hybridized carbons (Fsp3) is 0.167. The molecule has 6 heteroatoms. The van der Waals surface area contributed by atoms with Crippen LogP contribution in [0.3, 0.4) is 0 Å². The van der Waals surface area contributed by atoms with Crippen LogP contribution in [0.4, 0.5) is 5.69 Å². The summed E-state index contributed by atoms with van der Waals surface area (Å²) >= 11 is 1.30. The zero-order valence-electron chi connectivity index (χ0n) is 9.84. The first kappa shape index (κ1) is 12.4. The lowest BCUT2D eigenvalue weighted by Gasteiger charge is -1.95. The highest BCUT2D eigenvalue weighted by Crippen LogP contribution is 2.29. The number of hydrogen-bond donors (Lipinski definition) is 0. The number of hydrogen-bond acceptors (Lipinski definition) is 5. The smallest absolute Gasteiger partial charge is 0.269 e. The van der Waals surface area contributed by atoms with Crippen LogP contribution in [-0.4, -0.2) is 15.7 Å². The van der Waals surface area contributed by atoms with Gasteiger partial charge in [-0.3, -0.25) is 14.9 Å². The lowest BCUT2D eigenvalue weighted by Crippen LogP contribution is -1.89. The largest absolute Gasteiger partial charge is 0.294 e. The van der Waals surface area contributed by atoms with E-state index < -0.39 is 4.92 Å². The molecule has 1 aromatic carbocycles. The van der Waals surface area contributed by atoms with E-state index in [1.807, 2.05) is 0 Å². The number of aromatic nitrogens is 1.